The number of anilines is 2. The number of non-ortho nitro benzene ring substituents is 2. The quantitative estimate of drug-likeness (QED) is 0.431. The van der Waals surface area contributed by atoms with E-state index in [4.69, 9.17) is 4.74 Å². The van der Waals surface area contributed by atoms with Gasteiger partial charge in [-0.1, -0.05) is 12.1 Å². The van der Waals surface area contributed by atoms with Gasteiger partial charge in [-0.3, -0.25) is 25.0 Å². The van der Waals surface area contributed by atoms with E-state index >= 15 is 0 Å². The van der Waals surface area contributed by atoms with Crippen LogP contribution in [-0.4, -0.2) is 40.4 Å². The van der Waals surface area contributed by atoms with Gasteiger partial charge in [0.1, 0.15) is 12.1 Å². The Morgan fingerprint density at radius 2 is 1.70 bits per heavy atom. The topological polar surface area (TPSA) is 145 Å². The summed E-state index contributed by atoms with van der Waals surface area (Å²) >= 11 is 0. The molecule has 1 aliphatic rings. The molecule has 1 N–H and O–H groups in total. The maximum Gasteiger partial charge on any atom is 0.338 e. The van der Waals surface area contributed by atoms with Crippen LogP contribution in [0.25, 0.3) is 0 Å². The molecule has 0 fully saturated rings. The number of nitrogens with one attached hydrogen (secondary N) is 1. The third-order valence-corrected chi connectivity index (χ3v) is 4.53. The predicted molar refractivity (Wildman–Crippen MR) is 107 cm³/mol. The highest BCUT2D eigenvalue weighted by Crippen LogP contribution is 2.34. The van der Waals surface area contributed by atoms with E-state index in [9.17, 15) is 29.8 Å². The van der Waals surface area contributed by atoms with Gasteiger partial charge in [-0.15, -0.1) is 0 Å². The maximum atomic E-state index is 12.8. The number of ether oxygens (including phenoxy) is 1. The summed E-state index contributed by atoms with van der Waals surface area (Å²) in [7, 11) is 0. The number of carbonyl (C=O) groups is 2. The molecule has 0 bridgehead atoms. The molecule has 3 rings (SSSR count). The van der Waals surface area contributed by atoms with Crippen LogP contribution in [0.3, 0.4) is 0 Å². The number of benzene rings is 2. The summed E-state index contributed by atoms with van der Waals surface area (Å²) in [5, 5.41) is 25.1. The Bertz CT molecular complexity index is 1020. The normalized spacial score (nSPS) is 14.5. The minimum Gasteiger partial charge on any atom is -0.460 e. The molecule has 156 valence electrons. The van der Waals surface area contributed by atoms with Crippen molar-refractivity contribution in [1.82, 2.24) is 0 Å². The molecule has 0 aliphatic carbocycles. The monoisotopic (exact) mass is 414 g/mol. The zero-order chi connectivity index (χ0) is 22.1. The molecule has 0 radical (unpaired) electrons. The molecule has 1 heterocycles. The Kier molecular flexibility index (Phi) is 5.37. The van der Waals surface area contributed by atoms with E-state index in [1.54, 1.807) is 26.0 Å². The molecule has 2 aromatic carbocycles. The number of nitro groups is 2. The Hall–Kier alpha value is -4.02. The molecule has 11 heteroatoms. The van der Waals surface area contributed by atoms with Crippen molar-refractivity contribution in [3.05, 3.63) is 68.3 Å². The lowest BCUT2D eigenvalue weighted by atomic mass is 9.98. The summed E-state index contributed by atoms with van der Waals surface area (Å²) in [6.07, 6.45) is 0. The van der Waals surface area contributed by atoms with Crippen LogP contribution in [-0.2, 0) is 9.53 Å². The smallest absolute Gasteiger partial charge is 0.338 e. The van der Waals surface area contributed by atoms with Crippen molar-refractivity contribution < 1.29 is 24.2 Å². The molecule has 0 unspecified atom stereocenters. The summed E-state index contributed by atoms with van der Waals surface area (Å²) in [6.45, 7) is 3.30. The van der Waals surface area contributed by atoms with Gasteiger partial charge in [-0.05, 0) is 26.0 Å². The van der Waals surface area contributed by atoms with Crippen LogP contribution in [0.4, 0.5) is 22.7 Å². The van der Waals surface area contributed by atoms with Gasteiger partial charge in [0.2, 0.25) is 0 Å². The standard InChI is InChI=1S/C19H18N4O7/c1-19(2)18(25)21(16-6-4-3-5-15(16)20-19)7-8-30-17(24)12-9-13(22(26)27)11-14(10-12)23(28)29/h3-6,9-11,20H,7-8H2,1-2H3. The SMILES string of the molecule is CC1(C)Nc2ccccc2N(CCOC(=O)c2cc([N+](=O)[O-])cc([N+](=O)[O-])c2)C1=O. The number of nitrogens with zero attached hydrogens (tertiary/aromatic N) is 3. The zero-order valence-electron chi connectivity index (χ0n) is 16.2. The van der Waals surface area contributed by atoms with Gasteiger partial charge in [0.05, 0.1) is 39.4 Å². The third-order valence-electron chi connectivity index (χ3n) is 4.53. The highest BCUT2D eigenvalue weighted by molar-refractivity contribution is 6.07. The van der Waals surface area contributed by atoms with Crippen molar-refractivity contribution in [3.8, 4) is 0 Å². The second-order valence-electron chi connectivity index (χ2n) is 7.11. The molecular weight excluding hydrogens is 396 g/mol. The number of rotatable bonds is 6. The van der Waals surface area contributed by atoms with Crippen molar-refractivity contribution in [1.29, 1.82) is 0 Å². The van der Waals surface area contributed by atoms with Gasteiger partial charge >= 0.3 is 5.97 Å². The first-order valence-corrected chi connectivity index (χ1v) is 8.90. The Morgan fingerprint density at radius 3 is 2.30 bits per heavy atom. The fourth-order valence-corrected chi connectivity index (χ4v) is 3.11. The number of nitro benzene ring substituents is 2. The number of esters is 1. The second kappa shape index (κ2) is 7.78. The lowest BCUT2D eigenvalue weighted by molar-refractivity contribution is -0.394. The van der Waals surface area contributed by atoms with Crippen molar-refractivity contribution >= 4 is 34.6 Å². The number of para-hydroxylation sites is 2. The van der Waals surface area contributed by atoms with Gasteiger partial charge in [0.25, 0.3) is 17.3 Å². The Balaban J connectivity index is 1.75. The summed E-state index contributed by atoms with van der Waals surface area (Å²) in [5.41, 5.74) is -0.984. The highest BCUT2D eigenvalue weighted by Gasteiger charge is 2.38. The molecule has 0 atom stereocenters. The maximum absolute atomic E-state index is 12.8. The first-order valence-electron chi connectivity index (χ1n) is 8.90. The minimum absolute atomic E-state index is 0.0454. The lowest BCUT2D eigenvalue weighted by Gasteiger charge is -2.39. The van der Waals surface area contributed by atoms with Gasteiger partial charge in [-0.25, -0.2) is 4.79 Å². The largest absolute Gasteiger partial charge is 0.460 e. The van der Waals surface area contributed by atoms with Crippen molar-refractivity contribution in [3.63, 3.8) is 0 Å². The average molecular weight is 414 g/mol. The molecule has 1 aliphatic heterocycles. The second-order valence-corrected chi connectivity index (χ2v) is 7.11. The van der Waals surface area contributed by atoms with Crippen LogP contribution in [0.1, 0.15) is 24.2 Å². The molecule has 0 aromatic heterocycles. The van der Waals surface area contributed by atoms with E-state index in [0.717, 1.165) is 23.9 Å². The molecule has 0 spiro atoms. The lowest BCUT2D eigenvalue weighted by Crippen LogP contribution is -2.54. The van der Waals surface area contributed by atoms with Crippen LogP contribution in [0.2, 0.25) is 0 Å². The van der Waals surface area contributed by atoms with Gasteiger partial charge in [0, 0.05) is 12.1 Å². The first-order chi connectivity index (χ1) is 14.1. The summed E-state index contributed by atoms with van der Waals surface area (Å²) in [5.74, 6) is -1.18. The number of hydrogen-bond donors (Lipinski definition) is 1. The number of carbonyl (C=O) groups excluding carboxylic acids is 2. The third kappa shape index (κ3) is 4.04. The van der Waals surface area contributed by atoms with E-state index in [1.807, 2.05) is 12.1 Å². The van der Waals surface area contributed by atoms with Gasteiger partial charge < -0.3 is 15.0 Å². The Morgan fingerprint density at radius 1 is 1.10 bits per heavy atom. The summed E-state index contributed by atoms with van der Waals surface area (Å²) in [4.78, 5) is 46.8. The molecule has 0 saturated carbocycles. The van der Waals surface area contributed by atoms with Gasteiger partial charge in [-0.2, -0.15) is 0 Å². The average Bonchev–Trinajstić information content (AvgIpc) is 2.70. The molecular formula is C19H18N4O7. The molecule has 0 saturated heterocycles. The van der Waals surface area contributed by atoms with Gasteiger partial charge in [0.15, 0.2) is 0 Å². The highest BCUT2D eigenvalue weighted by atomic mass is 16.6. The fourth-order valence-electron chi connectivity index (χ4n) is 3.11. The number of hydrogen-bond acceptors (Lipinski definition) is 8. The van der Waals surface area contributed by atoms with Crippen LogP contribution in [0.15, 0.2) is 42.5 Å². The predicted octanol–water partition coefficient (Wildman–Crippen LogP) is 2.90. The van der Waals surface area contributed by atoms with Crippen molar-refractivity contribution in [2.45, 2.75) is 19.4 Å². The van der Waals surface area contributed by atoms with Crippen molar-refractivity contribution in [2.75, 3.05) is 23.4 Å². The zero-order valence-corrected chi connectivity index (χ0v) is 16.2. The number of fused-ring (bicyclic) bond motifs is 1. The molecule has 2 aromatic rings. The van der Waals surface area contributed by atoms with Crippen LogP contribution in [0.5, 0.6) is 0 Å². The van der Waals surface area contributed by atoms with Crippen LogP contribution < -0.4 is 10.2 Å². The fraction of sp³-hybridized carbons (Fsp3) is 0.263. The Labute approximate surface area is 170 Å². The summed E-state index contributed by atoms with van der Waals surface area (Å²) < 4.78 is 5.13. The van der Waals surface area contributed by atoms with Crippen LogP contribution >= 0.6 is 0 Å². The van der Waals surface area contributed by atoms with E-state index in [2.05, 4.69) is 5.32 Å². The van der Waals surface area contributed by atoms with Crippen LogP contribution in [0, 0.1) is 20.2 Å². The van der Waals surface area contributed by atoms with E-state index < -0.39 is 32.7 Å². The molecule has 30 heavy (non-hydrogen) atoms. The van der Waals surface area contributed by atoms with Crippen molar-refractivity contribution in [2.24, 2.45) is 0 Å². The first kappa shape index (κ1) is 20.7. The van der Waals surface area contributed by atoms with E-state index in [-0.39, 0.29) is 24.6 Å². The van der Waals surface area contributed by atoms with E-state index in [0.29, 0.717) is 5.69 Å². The minimum atomic E-state index is -0.961. The summed E-state index contributed by atoms with van der Waals surface area (Å²) in [6, 6.07) is 9.74. The number of amides is 1. The van der Waals surface area contributed by atoms with E-state index in [1.165, 1.54) is 4.90 Å². The molecule has 11 nitrogen and oxygen atoms in total. The molecule has 1 amide bonds.